The van der Waals surface area contributed by atoms with Gasteiger partial charge in [-0.15, -0.1) is 0 Å². The Bertz CT molecular complexity index is 1130. The molecule has 0 unspecified atom stereocenters. The Labute approximate surface area is 195 Å². The van der Waals surface area contributed by atoms with Crippen molar-refractivity contribution in [3.05, 3.63) is 95.6 Å². The number of ether oxygens (including phenoxy) is 2. The monoisotopic (exact) mass is 467 g/mol. The Morgan fingerprint density at radius 3 is 2.21 bits per heavy atom. The minimum atomic E-state index is -3.22. The summed E-state index contributed by atoms with van der Waals surface area (Å²) < 4.78 is 34.4. The van der Waals surface area contributed by atoms with E-state index in [1.54, 1.807) is 12.1 Å². The molecule has 0 aliphatic heterocycles. The van der Waals surface area contributed by atoms with Crippen LogP contribution >= 0.6 is 0 Å². The Kier molecular flexibility index (Phi) is 9.04. The predicted molar refractivity (Wildman–Crippen MR) is 128 cm³/mol. The van der Waals surface area contributed by atoms with Crippen molar-refractivity contribution < 1.29 is 22.7 Å². The van der Waals surface area contributed by atoms with Gasteiger partial charge in [-0.1, -0.05) is 54.6 Å². The summed E-state index contributed by atoms with van der Waals surface area (Å²) in [6.07, 6.45) is 2.06. The van der Waals surface area contributed by atoms with E-state index in [2.05, 4.69) is 5.32 Å². The van der Waals surface area contributed by atoms with Gasteiger partial charge in [0.2, 0.25) is 5.91 Å². The maximum atomic E-state index is 12.2. The van der Waals surface area contributed by atoms with Crippen molar-refractivity contribution in [2.24, 2.45) is 0 Å². The Morgan fingerprint density at radius 1 is 0.848 bits per heavy atom. The first-order valence-electron chi connectivity index (χ1n) is 10.8. The van der Waals surface area contributed by atoms with Crippen LogP contribution in [0.4, 0.5) is 0 Å². The zero-order valence-corrected chi connectivity index (χ0v) is 19.5. The molecule has 7 heteroatoms. The van der Waals surface area contributed by atoms with Crippen LogP contribution in [0.3, 0.4) is 0 Å². The summed E-state index contributed by atoms with van der Waals surface area (Å²) >= 11 is 0. The van der Waals surface area contributed by atoms with Crippen molar-refractivity contribution in [3.8, 4) is 5.75 Å². The van der Waals surface area contributed by atoms with Crippen LogP contribution < -0.4 is 10.1 Å². The second-order valence-corrected chi connectivity index (χ2v) is 9.74. The van der Waals surface area contributed by atoms with Gasteiger partial charge in [-0.05, 0) is 47.4 Å². The maximum absolute atomic E-state index is 12.2. The number of carbonyl (C=O) groups excluding carboxylic acids is 1. The van der Waals surface area contributed by atoms with E-state index in [1.807, 2.05) is 54.6 Å². The first kappa shape index (κ1) is 24.5. The molecule has 0 bridgehead atoms. The normalized spacial score (nSPS) is 11.2. The van der Waals surface area contributed by atoms with Gasteiger partial charge in [-0.2, -0.15) is 0 Å². The van der Waals surface area contributed by atoms with E-state index in [0.717, 1.165) is 22.9 Å². The van der Waals surface area contributed by atoms with Crippen molar-refractivity contribution in [2.75, 3.05) is 12.9 Å². The Balaban J connectivity index is 1.37. The molecule has 3 aromatic rings. The molecule has 0 atom stereocenters. The van der Waals surface area contributed by atoms with Gasteiger partial charge < -0.3 is 14.8 Å². The molecule has 1 amide bonds. The molecule has 0 saturated carbocycles. The van der Waals surface area contributed by atoms with Crippen LogP contribution in [0.1, 0.15) is 29.5 Å². The predicted octanol–water partition coefficient (Wildman–Crippen LogP) is 4.28. The van der Waals surface area contributed by atoms with Gasteiger partial charge in [0, 0.05) is 19.2 Å². The molecule has 0 fully saturated rings. The molecule has 0 aliphatic rings. The Hall–Kier alpha value is -3.16. The number of amides is 1. The first-order chi connectivity index (χ1) is 15.9. The van der Waals surface area contributed by atoms with Gasteiger partial charge in [0.1, 0.15) is 5.75 Å². The van der Waals surface area contributed by atoms with Crippen LogP contribution in [0.15, 0.2) is 83.8 Å². The van der Waals surface area contributed by atoms with Crippen LogP contribution in [0.2, 0.25) is 0 Å². The van der Waals surface area contributed by atoms with E-state index in [4.69, 9.17) is 9.47 Å². The fraction of sp³-hybridized carbons (Fsp3) is 0.269. The molecule has 33 heavy (non-hydrogen) atoms. The molecule has 3 aromatic carbocycles. The molecule has 0 saturated heterocycles. The van der Waals surface area contributed by atoms with Crippen LogP contribution in [0, 0.1) is 0 Å². The number of carbonyl (C=O) groups is 1. The summed E-state index contributed by atoms with van der Waals surface area (Å²) in [7, 11) is -3.22. The smallest absolute Gasteiger partial charge is 0.220 e. The second-order valence-electron chi connectivity index (χ2n) is 7.72. The van der Waals surface area contributed by atoms with Gasteiger partial charge in [0.15, 0.2) is 9.84 Å². The molecule has 0 spiro atoms. The van der Waals surface area contributed by atoms with Crippen LogP contribution in [0.25, 0.3) is 0 Å². The largest absolute Gasteiger partial charge is 0.494 e. The molecule has 0 radical (unpaired) electrons. The van der Waals surface area contributed by atoms with Gasteiger partial charge in [-0.3, -0.25) is 4.79 Å². The summed E-state index contributed by atoms with van der Waals surface area (Å²) in [5.74, 6) is 0.526. The highest BCUT2D eigenvalue weighted by Crippen LogP contribution is 2.16. The molecule has 0 aromatic heterocycles. The number of hydrogen-bond donors (Lipinski definition) is 1. The molecule has 6 nitrogen and oxygen atoms in total. The van der Waals surface area contributed by atoms with Crippen molar-refractivity contribution in [1.29, 1.82) is 0 Å². The number of benzene rings is 3. The van der Waals surface area contributed by atoms with E-state index >= 15 is 0 Å². The zero-order chi connectivity index (χ0) is 23.5. The van der Waals surface area contributed by atoms with E-state index in [-0.39, 0.29) is 10.8 Å². The van der Waals surface area contributed by atoms with Crippen molar-refractivity contribution in [2.45, 2.75) is 37.5 Å². The van der Waals surface area contributed by atoms with Crippen LogP contribution in [0.5, 0.6) is 5.75 Å². The van der Waals surface area contributed by atoms with Crippen LogP contribution in [-0.4, -0.2) is 27.2 Å². The highest BCUT2D eigenvalue weighted by molar-refractivity contribution is 7.90. The van der Waals surface area contributed by atoms with Crippen molar-refractivity contribution in [1.82, 2.24) is 5.32 Å². The maximum Gasteiger partial charge on any atom is 0.220 e. The summed E-state index contributed by atoms with van der Waals surface area (Å²) in [5, 5.41) is 2.95. The number of hydrogen-bond acceptors (Lipinski definition) is 5. The van der Waals surface area contributed by atoms with Crippen molar-refractivity contribution in [3.63, 3.8) is 0 Å². The SMILES string of the molecule is CS(=O)(=O)c1ccc(OCCCC(=O)NCc2ccccc2COCc2ccccc2)cc1. The molecular weight excluding hydrogens is 438 g/mol. The molecule has 0 aliphatic carbocycles. The highest BCUT2D eigenvalue weighted by Gasteiger charge is 2.08. The summed E-state index contributed by atoms with van der Waals surface area (Å²) in [4.78, 5) is 12.5. The average molecular weight is 468 g/mol. The average Bonchev–Trinajstić information content (AvgIpc) is 2.81. The summed E-state index contributed by atoms with van der Waals surface area (Å²) in [5.41, 5.74) is 3.20. The summed E-state index contributed by atoms with van der Waals surface area (Å²) in [6.45, 7) is 1.83. The lowest BCUT2D eigenvalue weighted by molar-refractivity contribution is -0.121. The molecule has 1 N–H and O–H groups in total. The minimum absolute atomic E-state index is 0.0500. The standard InChI is InChI=1S/C26H29NO5S/c1-33(29,30)25-15-13-24(14-16-25)32-17-7-12-26(28)27-18-22-10-5-6-11-23(22)20-31-19-21-8-3-2-4-9-21/h2-6,8-11,13-16H,7,12,17-20H2,1H3,(H,27,28). The number of sulfone groups is 1. The third kappa shape index (κ3) is 8.36. The fourth-order valence-corrected chi connectivity index (χ4v) is 3.84. The van der Waals surface area contributed by atoms with Gasteiger partial charge in [0.25, 0.3) is 0 Å². The summed E-state index contributed by atoms with van der Waals surface area (Å²) in [6, 6.07) is 24.2. The third-order valence-corrected chi connectivity index (χ3v) is 6.16. The lowest BCUT2D eigenvalue weighted by atomic mass is 10.1. The fourth-order valence-electron chi connectivity index (χ4n) is 3.21. The van der Waals surface area contributed by atoms with E-state index in [0.29, 0.717) is 45.0 Å². The second kappa shape index (κ2) is 12.2. The minimum Gasteiger partial charge on any atom is -0.494 e. The highest BCUT2D eigenvalue weighted by atomic mass is 32.2. The van der Waals surface area contributed by atoms with E-state index in [9.17, 15) is 13.2 Å². The lowest BCUT2D eigenvalue weighted by Crippen LogP contribution is -2.23. The molecule has 3 rings (SSSR count). The Morgan fingerprint density at radius 2 is 1.52 bits per heavy atom. The van der Waals surface area contributed by atoms with Gasteiger partial charge in [0.05, 0.1) is 24.7 Å². The zero-order valence-electron chi connectivity index (χ0n) is 18.7. The van der Waals surface area contributed by atoms with Gasteiger partial charge in [-0.25, -0.2) is 8.42 Å². The number of nitrogens with one attached hydrogen (secondary N) is 1. The van der Waals surface area contributed by atoms with Crippen molar-refractivity contribution >= 4 is 15.7 Å². The molecular formula is C26H29NO5S. The number of rotatable bonds is 12. The van der Waals surface area contributed by atoms with Gasteiger partial charge >= 0.3 is 0 Å². The quantitative estimate of drug-likeness (QED) is 0.402. The topological polar surface area (TPSA) is 81.7 Å². The lowest BCUT2D eigenvalue weighted by Gasteiger charge is -2.12. The third-order valence-electron chi connectivity index (χ3n) is 5.03. The van der Waals surface area contributed by atoms with E-state index < -0.39 is 9.84 Å². The first-order valence-corrected chi connectivity index (χ1v) is 12.7. The molecule has 0 heterocycles. The van der Waals surface area contributed by atoms with Crippen LogP contribution in [-0.2, 0) is 39.1 Å². The molecule has 174 valence electrons. The van der Waals surface area contributed by atoms with E-state index in [1.165, 1.54) is 12.1 Å².